The highest BCUT2D eigenvalue weighted by Gasteiger charge is 2.40. The van der Waals surface area contributed by atoms with Crippen LogP contribution in [0, 0.1) is 6.92 Å². The summed E-state index contributed by atoms with van der Waals surface area (Å²) in [5.74, 6) is -1.03. The van der Waals surface area contributed by atoms with E-state index in [2.05, 4.69) is 5.32 Å². The van der Waals surface area contributed by atoms with Gasteiger partial charge in [0.05, 0.1) is 0 Å². The standard InChI is InChI=1S/C14H18N2O3/c1-10-3-5-11(6-4-10)16(9-12(17)18)13(19)15-14(2)7-8-14/h3-6H,7-9H2,1-2H3,(H,15,19)(H,17,18). The molecule has 0 aromatic heterocycles. The Morgan fingerprint density at radius 3 is 2.37 bits per heavy atom. The maximum Gasteiger partial charge on any atom is 0.323 e. The van der Waals surface area contributed by atoms with E-state index in [1.54, 1.807) is 12.1 Å². The van der Waals surface area contributed by atoms with E-state index in [1.807, 2.05) is 26.0 Å². The molecule has 2 rings (SSSR count). The van der Waals surface area contributed by atoms with Gasteiger partial charge in [-0.15, -0.1) is 0 Å². The van der Waals surface area contributed by atoms with Crippen LogP contribution in [0.25, 0.3) is 0 Å². The number of hydrogen-bond acceptors (Lipinski definition) is 2. The Labute approximate surface area is 112 Å². The van der Waals surface area contributed by atoms with Crippen LogP contribution >= 0.6 is 0 Å². The Morgan fingerprint density at radius 2 is 1.89 bits per heavy atom. The van der Waals surface area contributed by atoms with Crippen molar-refractivity contribution in [1.82, 2.24) is 5.32 Å². The highest BCUT2D eigenvalue weighted by Crippen LogP contribution is 2.34. The van der Waals surface area contributed by atoms with Crippen LogP contribution < -0.4 is 10.2 Å². The molecule has 1 fully saturated rings. The molecule has 0 bridgehead atoms. The number of carboxylic acid groups (broad SMARTS) is 1. The van der Waals surface area contributed by atoms with Crippen molar-refractivity contribution in [1.29, 1.82) is 0 Å². The molecule has 0 spiro atoms. The maximum atomic E-state index is 12.2. The third-order valence-corrected chi connectivity index (χ3v) is 3.29. The van der Waals surface area contributed by atoms with Gasteiger partial charge in [0.1, 0.15) is 6.54 Å². The molecule has 0 unspecified atom stereocenters. The van der Waals surface area contributed by atoms with E-state index in [0.717, 1.165) is 18.4 Å². The molecule has 0 atom stereocenters. The summed E-state index contributed by atoms with van der Waals surface area (Å²) in [6, 6.07) is 6.87. The van der Waals surface area contributed by atoms with Gasteiger partial charge in [0, 0.05) is 11.2 Å². The SMILES string of the molecule is Cc1ccc(N(CC(=O)O)C(=O)NC2(C)CC2)cc1. The summed E-state index contributed by atoms with van der Waals surface area (Å²) in [6.45, 7) is 3.56. The van der Waals surface area contributed by atoms with Crippen molar-refractivity contribution in [3.63, 3.8) is 0 Å². The van der Waals surface area contributed by atoms with Gasteiger partial charge < -0.3 is 10.4 Å². The Morgan fingerprint density at radius 1 is 1.32 bits per heavy atom. The number of urea groups is 1. The molecule has 0 heterocycles. The largest absolute Gasteiger partial charge is 0.480 e. The molecule has 0 saturated heterocycles. The summed E-state index contributed by atoms with van der Waals surface area (Å²) in [5, 5.41) is 11.8. The number of nitrogens with zero attached hydrogens (tertiary/aromatic N) is 1. The Hall–Kier alpha value is -2.04. The predicted octanol–water partition coefficient (Wildman–Crippen LogP) is 2.15. The van der Waals surface area contributed by atoms with Gasteiger partial charge in [-0.25, -0.2) is 4.79 Å². The normalized spacial score (nSPS) is 15.7. The highest BCUT2D eigenvalue weighted by atomic mass is 16.4. The summed E-state index contributed by atoms with van der Waals surface area (Å²) >= 11 is 0. The molecular weight excluding hydrogens is 244 g/mol. The fourth-order valence-corrected chi connectivity index (χ4v) is 1.78. The van der Waals surface area contributed by atoms with E-state index in [1.165, 1.54) is 4.90 Å². The molecule has 1 saturated carbocycles. The van der Waals surface area contributed by atoms with Gasteiger partial charge in [0.2, 0.25) is 0 Å². The Balaban J connectivity index is 2.17. The van der Waals surface area contributed by atoms with Gasteiger partial charge in [0.25, 0.3) is 0 Å². The fourth-order valence-electron chi connectivity index (χ4n) is 1.78. The lowest BCUT2D eigenvalue weighted by molar-refractivity contribution is -0.135. The molecule has 1 aromatic carbocycles. The van der Waals surface area contributed by atoms with E-state index in [-0.39, 0.29) is 18.1 Å². The van der Waals surface area contributed by atoms with Crippen LogP contribution in [0.1, 0.15) is 25.3 Å². The number of carbonyl (C=O) groups excluding carboxylic acids is 1. The van der Waals surface area contributed by atoms with E-state index < -0.39 is 5.97 Å². The first-order valence-electron chi connectivity index (χ1n) is 6.28. The molecule has 5 heteroatoms. The smallest absolute Gasteiger partial charge is 0.323 e. The number of anilines is 1. The van der Waals surface area contributed by atoms with E-state index in [4.69, 9.17) is 5.11 Å². The Kier molecular flexibility index (Phi) is 3.46. The second-order valence-electron chi connectivity index (χ2n) is 5.31. The van der Waals surface area contributed by atoms with Crippen LogP contribution in [0.5, 0.6) is 0 Å². The van der Waals surface area contributed by atoms with Crippen LogP contribution in [0.4, 0.5) is 10.5 Å². The molecule has 102 valence electrons. The van der Waals surface area contributed by atoms with Gasteiger partial charge in [0.15, 0.2) is 0 Å². The van der Waals surface area contributed by atoms with Crippen LogP contribution in [0.3, 0.4) is 0 Å². The minimum absolute atomic E-state index is 0.168. The van der Waals surface area contributed by atoms with Gasteiger partial charge in [-0.1, -0.05) is 17.7 Å². The first-order chi connectivity index (χ1) is 8.89. The summed E-state index contributed by atoms with van der Waals surface area (Å²) < 4.78 is 0. The second kappa shape index (κ2) is 4.91. The summed E-state index contributed by atoms with van der Waals surface area (Å²) in [5.41, 5.74) is 1.49. The van der Waals surface area contributed by atoms with Crippen LogP contribution in [0.2, 0.25) is 0 Å². The molecule has 0 radical (unpaired) electrons. The molecule has 0 aliphatic heterocycles. The molecular formula is C14H18N2O3. The zero-order valence-corrected chi connectivity index (χ0v) is 11.1. The lowest BCUT2D eigenvalue weighted by Gasteiger charge is -2.23. The van der Waals surface area contributed by atoms with Crippen LogP contribution in [-0.4, -0.2) is 29.2 Å². The minimum Gasteiger partial charge on any atom is -0.480 e. The third kappa shape index (κ3) is 3.47. The topological polar surface area (TPSA) is 69.6 Å². The van der Waals surface area contributed by atoms with Crippen molar-refractivity contribution >= 4 is 17.7 Å². The van der Waals surface area contributed by atoms with Gasteiger partial charge in [-0.3, -0.25) is 9.69 Å². The zero-order chi connectivity index (χ0) is 14.0. The number of rotatable bonds is 4. The summed E-state index contributed by atoms with van der Waals surface area (Å²) in [7, 11) is 0. The summed E-state index contributed by atoms with van der Waals surface area (Å²) in [6.07, 6.45) is 1.88. The van der Waals surface area contributed by atoms with E-state index in [0.29, 0.717) is 5.69 Å². The average molecular weight is 262 g/mol. The lowest BCUT2D eigenvalue weighted by atomic mass is 10.2. The van der Waals surface area contributed by atoms with Crippen LogP contribution in [-0.2, 0) is 4.79 Å². The first-order valence-corrected chi connectivity index (χ1v) is 6.28. The number of nitrogens with one attached hydrogen (secondary N) is 1. The first kappa shape index (κ1) is 13.4. The number of benzene rings is 1. The summed E-state index contributed by atoms with van der Waals surface area (Å²) in [4.78, 5) is 24.3. The van der Waals surface area contributed by atoms with Crippen LogP contribution in [0.15, 0.2) is 24.3 Å². The van der Waals surface area contributed by atoms with Crippen molar-refractivity contribution in [2.24, 2.45) is 0 Å². The number of aliphatic carboxylic acids is 1. The monoisotopic (exact) mass is 262 g/mol. The third-order valence-electron chi connectivity index (χ3n) is 3.29. The molecule has 2 amide bonds. The molecule has 5 nitrogen and oxygen atoms in total. The van der Waals surface area contributed by atoms with Crippen molar-refractivity contribution < 1.29 is 14.7 Å². The molecule has 1 aliphatic rings. The van der Waals surface area contributed by atoms with Gasteiger partial charge in [-0.05, 0) is 38.8 Å². The fraction of sp³-hybridized carbons (Fsp3) is 0.429. The van der Waals surface area contributed by atoms with E-state index >= 15 is 0 Å². The number of amides is 2. The Bertz CT molecular complexity index is 492. The van der Waals surface area contributed by atoms with Crippen molar-refractivity contribution in [3.05, 3.63) is 29.8 Å². The number of hydrogen-bond donors (Lipinski definition) is 2. The van der Waals surface area contributed by atoms with E-state index in [9.17, 15) is 9.59 Å². The van der Waals surface area contributed by atoms with Gasteiger partial charge in [-0.2, -0.15) is 0 Å². The number of carboxylic acids is 1. The molecule has 1 aliphatic carbocycles. The van der Waals surface area contributed by atoms with Crippen molar-refractivity contribution in [2.45, 2.75) is 32.2 Å². The zero-order valence-electron chi connectivity index (χ0n) is 11.1. The predicted molar refractivity (Wildman–Crippen MR) is 72.3 cm³/mol. The number of aryl methyl sites for hydroxylation is 1. The highest BCUT2D eigenvalue weighted by molar-refractivity contribution is 5.96. The quantitative estimate of drug-likeness (QED) is 0.873. The molecule has 1 aromatic rings. The van der Waals surface area contributed by atoms with Crippen molar-refractivity contribution in [3.8, 4) is 0 Å². The maximum absolute atomic E-state index is 12.2. The molecule has 19 heavy (non-hydrogen) atoms. The second-order valence-corrected chi connectivity index (χ2v) is 5.31. The molecule has 2 N–H and O–H groups in total. The lowest BCUT2D eigenvalue weighted by Crippen LogP contribution is -2.47. The van der Waals surface area contributed by atoms with Crippen molar-refractivity contribution in [2.75, 3.05) is 11.4 Å². The van der Waals surface area contributed by atoms with Gasteiger partial charge >= 0.3 is 12.0 Å². The average Bonchev–Trinajstić information content (AvgIpc) is 3.04. The minimum atomic E-state index is -1.03. The number of carbonyl (C=O) groups is 2.